The predicted octanol–water partition coefficient (Wildman–Crippen LogP) is 7.22. The van der Waals surface area contributed by atoms with Crippen molar-refractivity contribution in [3.8, 4) is 0 Å². The summed E-state index contributed by atoms with van der Waals surface area (Å²) in [5, 5.41) is 16.3. The maximum atomic E-state index is 12.3. The second-order valence-corrected chi connectivity index (χ2v) is 9.28. The van der Waals surface area contributed by atoms with Gasteiger partial charge in [0.15, 0.2) is 0 Å². The Kier molecular flexibility index (Phi) is 8.53. The molecule has 0 amide bonds. The molecule has 1 heterocycles. The molecule has 0 saturated carbocycles. The van der Waals surface area contributed by atoms with Crippen LogP contribution in [0.3, 0.4) is 0 Å². The molecule has 30 heavy (non-hydrogen) atoms. The van der Waals surface area contributed by atoms with Gasteiger partial charge in [-0.3, -0.25) is 0 Å². The van der Waals surface area contributed by atoms with Gasteiger partial charge in [0.25, 0.3) is 0 Å². The van der Waals surface area contributed by atoms with E-state index in [-0.39, 0.29) is 23.9 Å². The van der Waals surface area contributed by atoms with Crippen LogP contribution in [0.25, 0.3) is 0 Å². The Hall–Kier alpha value is -1.64. The Balaban J connectivity index is 1.94. The first-order valence-electron chi connectivity index (χ1n) is 12.2. The third-order valence-corrected chi connectivity index (χ3v) is 7.29. The van der Waals surface area contributed by atoms with Crippen LogP contribution in [0.4, 0.5) is 0 Å². The van der Waals surface area contributed by atoms with Gasteiger partial charge in [0, 0.05) is 23.9 Å². The molecule has 2 aromatic carbocycles. The lowest BCUT2D eigenvalue weighted by Crippen LogP contribution is -2.58. The van der Waals surface area contributed by atoms with E-state index in [0.29, 0.717) is 0 Å². The third kappa shape index (κ3) is 5.15. The maximum Gasteiger partial charge on any atom is 0.0737 e. The van der Waals surface area contributed by atoms with Crippen LogP contribution in [0.5, 0.6) is 0 Å². The highest BCUT2D eigenvalue weighted by atomic mass is 16.3. The van der Waals surface area contributed by atoms with Crippen molar-refractivity contribution in [2.24, 2.45) is 11.8 Å². The van der Waals surface area contributed by atoms with Crippen molar-refractivity contribution in [1.29, 1.82) is 0 Å². The van der Waals surface area contributed by atoms with Crippen LogP contribution in [-0.2, 0) is 0 Å². The number of nitrogens with one attached hydrogen (secondary N) is 1. The van der Waals surface area contributed by atoms with E-state index in [1.807, 2.05) is 0 Å². The van der Waals surface area contributed by atoms with Crippen molar-refractivity contribution in [3.63, 3.8) is 0 Å². The Morgan fingerprint density at radius 3 is 1.90 bits per heavy atom. The number of unbranched alkanes of at least 4 members (excludes halogenated alkanes) is 4. The zero-order valence-electron chi connectivity index (χ0n) is 19.2. The van der Waals surface area contributed by atoms with Gasteiger partial charge in [-0.25, -0.2) is 0 Å². The molecule has 2 aromatic rings. The van der Waals surface area contributed by atoms with Gasteiger partial charge in [-0.2, -0.15) is 0 Å². The lowest BCUT2D eigenvalue weighted by molar-refractivity contribution is -0.126. The van der Waals surface area contributed by atoms with E-state index in [1.165, 1.54) is 36.8 Å². The predicted molar refractivity (Wildman–Crippen MR) is 127 cm³/mol. The van der Waals surface area contributed by atoms with Crippen molar-refractivity contribution in [2.75, 3.05) is 0 Å². The third-order valence-electron chi connectivity index (χ3n) is 7.29. The number of rotatable bonds is 10. The number of aliphatic hydroxyl groups is 1. The van der Waals surface area contributed by atoms with E-state index in [2.05, 4.69) is 86.8 Å². The molecule has 0 bridgehead atoms. The van der Waals surface area contributed by atoms with Crippen molar-refractivity contribution in [3.05, 3.63) is 71.8 Å². The van der Waals surface area contributed by atoms with Gasteiger partial charge < -0.3 is 10.4 Å². The summed E-state index contributed by atoms with van der Waals surface area (Å²) in [6.45, 7) is 6.77. The molecule has 0 aromatic heterocycles. The van der Waals surface area contributed by atoms with Crippen LogP contribution in [0.15, 0.2) is 60.7 Å². The molecule has 1 aliphatic heterocycles. The minimum atomic E-state index is -0.658. The van der Waals surface area contributed by atoms with Crippen LogP contribution < -0.4 is 5.32 Å². The first kappa shape index (κ1) is 23.0. The largest absolute Gasteiger partial charge is 0.389 e. The van der Waals surface area contributed by atoms with Gasteiger partial charge >= 0.3 is 0 Å². The van der Waals surface area contributed by atoms with Crippen LogP contribution in [0.1, 0.15) is 95.3 Å². The van der Waals surface area contributed by atoms with Crippen molar-refractivity contribution in [2.45, 2.75) is 89.8 Å². The van der Waals surface area contributed by atoms with Gasteiger partial charge in [-0.1, -0.05) is 120 Å². The fraction of sp³-hybridized carbons (Fsp3) is 0.571. The summed E-state index contributed by atoms with van der Waals surface area (Å²) in [6.07, 6.45) is 9.22. The number of hydrogen-bond donors (Lipinski definition) is 2. The first-order valence-corrected chi connectivity index (χ1v) is 12.2. The highest BCUT2D eigenvalue weighted by molar-refractivity contribution is 5.28. The van der Waals surface area contributed by atoms with Crippen LogP contribution in [0, 0.1) is 11.8 Å². The molecule has 0 unspecified atom stereocenters. The van der Waals surface area contributed by atoms with Crippen molar-refractivity contribution >= 4 is 0 Å². The highest BCUT2D eigenvalue weighted by Gasteiger charge is 2.52. The number of piperidine rings is 1. The zero-order chi connectivity index (χ0) is 21.4. The van der Waals surface area contributed by atoms with Crippen LogP contribution in [0.2, 0.25) is 0 Å². The molecule has 2 N–H and O–H groups in total. The zero-order valence-corrected chi connectivity index (χ0v) is 19.2. The summed E-state index contributed by atoms with van der Waals surface area (Å²) < 4.78 is 0. The van der Waals surface area contributed by atoms with E-state index in [4.69, 9.17) is 0 Å². The topological polar surface area (TPSA) is 32.3 Å². The summed E-state index contributed by atoms with van der Waals surface area (Å²) >= 11 is 0. The average molecular weight is 408 g/mol. The van der Waals surface area contributed by atoms with Gasteiger partial charge in [0.05, 0.1) is 5.60 Å². The molecule has 2 nitrogen and oxygen atoms in total. The molecule has 0 radical (unpaired) electrons. The van der Waals surface area contributed by atoms with Gasteiger partial charge in [-0.15, -0.1) is 0 Å². The molecule has 0 aliphatic carbocycles. The molecule has 1 fully saturated rings. The van der Waals surface area contributed by atoms with E-state index in [1.54, 1.807) is 0 Å². The first-order chi connectivity index (χ1) is 14.6. The quantitative estimate of drug-likeness (QED) is 0.408. The van der Waals surface area contributed by atoms with Crippen LogP contribution >= 0.6 is 0 Å². The molecule has 3 rings (SSSR count). The Morgan fingerprint density at radius 1 is 0.767 bits per heavy atom. The van der Waals surface area contributed by atoms with E-state index in [0.717, 1.165) is 25.7 Å². The molecule has 1 aliphatic rings. The Labute approximate surface area is 184 Å². The summed E-state index contributed by atoms with van der Waals surface area (Å²) in [7, 11) is 0. The number of benzene rings is 2. The summed E-state index contributed by atoms with van der Waals surface area (Å²) in [6, 6.07) is 21.8. The average Bonchev–Trinajstić information content (AvgIpc) is 2.78. The van der Waals surface area contributed by atoms with Crippen molar-refractivity contribution < 1.29 is 5.11 Å². The van der Waals surface area contributed by atoms with Gasteiger partial charge in [-0.05, 0) is 24.0 Å². The van der Waals surface area contributed by atoms with Crippen molar-refractivity contribution in [1.82, 2.24) is 5.32 Å². The lowest BCUT2D eigenvalue weighted by Gasteiger charge is -2.53. The summed E-state index contributed by atoms with van der Waals surface area (Å²) in [5.74, 6) is 0.397. The number of hydrogen-bond acceptors (Lipinski definition) is 2. The minimum Gasteiger partial charge on any atom is -0.389 e. The standard InChI is InChI=1S/C28H41NO/c1-4-6-7-8-15-21-28(30)22(3)26(23-17-11-9-12-18-23)29-27(25(28)16-5-2)24-19-13-10-14-20-24/h9-14,17-20,22,25-27,29-30H,4-8,15-16,21H2,1-3H3/t22-,25+,26-,27+,28+/m1/s1. The molecule has 164 valence electrons. The summed E-state index contributed by atoms with van der Waals surface area (Å²) in [4.78, 5) is 0. The van der Waals surface area contributed by atoms with Gasteiger partial charge in [0.2, 0.25) is 0 Å². The molecule has 1 saturated heterocycles. The lowest BCUT2D eigenvalue weighted by atomic mass is 9.62. The second kappa shape index (κ2) is 11.1. The fourth-order valence-electron chi connectivity index (χ4n) is 5.56. The Bertz CT molecular complexity index is 731. The van der Waals surface area contributed by atoms with E-state index in [9.17, 15) is 5.11 Å². The highest BCUT2D eigenvalue weighted by Crippen LogP contribution is 2.50. The minimum absolute atomic E-state index is 0.158. The van der Waals surface area contributed by atoms with E-state index >= 15 is 0 Å². The SMILES string of the molecule is CCCCCCC[C@]1(O)[C@H](C)[C@H](c2ccccc2)N[C@@H](c2ccccc2)[C@@H]1CCC. The van der Waals surface area contributed by atoms with Gasteiger partial charge in [0.1, 0.15) is 0 Å². The summed E-state index contributed by atoms with van der Waals surface area (Å²) in [5.41, 5.74) is 1.92. The maximum absolute atomic E-state index is 12.3. The van der Waals surface area contributed by atoms with Crippen LogP contribution in [-0.4, -0.2) is 10.7 Å². The molecular formula is C28H41NO. The Morgan fingerprint density at radius 2 is 1.33 bits per heavy atom. The monoisotopic (exact) mass is 407 g/mol. The van der Waals surface area contributed by atoms with E-state index < -0.39 is 5.60 Å². The molecule has 5 atom stereocenters. The molecular weight excluding hydrogens is 366 g/mol. The fourth-order valence-corrected chi connectivity index (χ4v) is 5.56. The molecule has 2 heteroatoms. The normalized spacial score (nSPS) is 29.1. The second-order valence-electron chi connectivity index (χ2n) is 9.28. The molecule has 0 spiro atoms. The smallest absolute Gasteiger partial charge is 0.0737 e.